The molecule has 7 nitrogen and oxygen atoms in total. The molecule has 0 bridgehead atoms. The topological polar surface area (TPSA) is 93.1 Å². The molecule has 0 radical (unpaired) electrons. The third kappa shape index (κ3) is 4.90. The van der Waals surface area contributed by atoms with E-state index in [9.17, 15) is 13.2 Å². The molecule has 0 aliphatic heterocycles. The number of nitrogens with zero attached hydrogens (tertiary/aromatic N) is 2. The quantitative estimate of drug-likeness (QED) is 0.719. The number of carbonyl (C=O) groups excluding carboxylic acids is 1. The van der Waals surface area contributed by atoms with Crippen LogP contribution in [0.2, 0.25) is 0 Å². The third-order valence-electron chi connectivity index (χ3n) is 4.43. The lowest BCUT2D eigenvalue weighted by Gasteiger charge is -2.28. The van der Waals surface area contributed by atoms with Gasteiger partial charge in [0.15, 0.2) is 10.3 Å². The van der Waals surface area contributed by atoms with E-state index in [0.717, 1.165) is 5.56 Å². The predicted octanol–water partition coefficient (Wildman–Crippen LogP) is 3.46. The normalized spacial score (nSPS) is 13.3. The number of aryl methyl sites for hydroxylation is 2. The lowest BCUT2D eigenvalue weighted by molar-refractivity contribution is 0.0901. The van der Waals surface area contributed by atoms with E-state index in [1.165, 1.54) is 16.8 Å². The van der Waals surface area contributed by atoms with Gasteiger partial charge >= 0.3 is 0 Å². The SMILES string of the molecule is Cc1ccc(S(=O)(=O)Nc2c(Br)nn(C)c2C(=O)N[C@@H](C)C(C)(C)C)cc1. The number of amides is 1. The minimum Gasteiger partial charge on any atom is -0.348 e. The Labute approximate surface area is 168 Å². The van der Waals surface area contributed by atoms with Gasteiger partial charge in [0, 0.05) is 13.1 Å². The van der Waals surface area contributed by atoms with E-state index in [0.29, 0.717) is 0 Å². The first-order chi connectivity index (χ1) is 12.3. The lowest BCUT2D eigenvalue weighted by atomic mass is 9.88. The average Bonchev–Trinajstić information content (AvgIpc) is 2.80. The zero-order chi connectivity index (χ0) is 20.6. The Morgan fingerprint density at radius 3 is 2.30 bits per heavy atom. The van der Waals surface area contributed by atoms with Crippen LogP contribution in [0.5, 0.6) is 0 Å². The van der Waals surface area contributed by atoms with Crippen molar-refractivity contribution in [1.82, 2.24) is 15.1 Å². The molecule has 1 heterocycles. The maximum atomic E-state index is 12.8. The van der Waals surface area contributed by atoms with Crippen LogP contribution in [-0.2, 0) is 17.1 Å². The summed E-state index contributed by atoms with van der Waals surface area (Å²) in [5.41, 5.74) is 1.05. The molecule has 0 aliphatic carbocycles. The Balaban J connectivity index is 2.38. The number of hydrogen-bond acceptors (Lipinski definition) is 4. The van der Waals surface area contributed by atoms with Gasteiger partial charge in [0.2, 0.25) is 0 Å². The Morgan fingerprint density at radius 1 is 1.22 bits per heavy atom. The van der Waals surface area contributed by atoms with Crippen LogP contribution >= 0.6 is 15.9 Å². The monoisotopic (exact) mass is 456 g/mol. The lowest BCUT2D eigenvalue weighted by Crippen LogP contribution is -2.42. The molecule has 0 saturated heterocycles. The molecule has 0 fully saturated rings. The van der Waals surface area contributed by atoms with E-state index >= 15 is 0 Å². The first-order valence-electron chi connectivity index (χ1n) is 8.46. The van der Waals surface area contributed by atoms with Gasteiger partial charge in [-0.2, -0.15) is 5.10 Å². The number of carbonyl (C=O) groups is 1. The highest BCUT2D eigenvalue weighted by atomic mass is 79.9. The maximum Gasteiger partial charge on any atom is 0.272 e. The summed E-state index contributed by atoms with van der Waals surface area (Å²) >= 11 is 3.24. The molecule has 1 aromatic heterocycles. The number of nitrogens with one attached hydrogen (secondary N) is 2. The molecule has 2 rings (SSSR count). The third-order valence-corrected chi connectivity index (χ3v) is 6.35. The van der Waals surface area contributed by atoms with Crippen LogP contribution in [0.1, 0.15) is 43.7 Å². The van der Waals surface area contributed by atoms with Crippen LogP contribution in [-0.4, -0.2) is 30.1 Å². The maximum absolute atomic E-state index is 12.8. The van der Waals surface area contributed by atoms with Crippen LogP contribution < -0.4 is 10.0 Å². The second-order valence-corrected chi connectivity index (χ2v) is 10.1. The Hall–Kier alpha value is -1.87. The number of aromatic nitrogens is 2. The summed E-state index contributed by atoms with van der Waals surface area (Å²) in [6, 6.07) is 6.34. The Morgan fingerprint density at radius 2 is 1.78 bits per heavy atom. The molecule has 148 valence electrons. The van der Waals surface area contributed by atoms with Gasteiger partial charge in [-0.1, -0.05) is 38.5 Å². The summed E-state index contributed by atoms with van der Waals surface area (Å²) in [6.45, 7) is 9.81. The molecule has 0 spiro atoms. The minimum absolute atomic E-state index is 0.108. The van der Waals surface area contributed by atoms with Crippen molar-refractivity contribution in [3.8, 4) is 0 Å². The number of halogens is 1. The molecule has 9 heteroatoms. The number of hydrogen-bond donors (Lipinski definition) is 2. The number of rotatable bonds is 5. The molecular formula is C18H25BrN4O3S. The molecule has 0 aliphatic rings. The molecule has 27 heavy (non-hydrogen) atoms. The van der Waals surface area contributed by atoms with Crippen LogP contribution in [0.15, 0.2) is 33.8 Å². The summed E-state index contributed by atoms with van der Waals surface area (Å²) in [4.78, 5) is 12.9. The Bertz CT molecular complexity index is 944. The fourth-order valence-corrected chi connectivity index (χ4v) is 3.96. The van der Waals surface area contributed by atoms with Crippen molar-refractivity contribution in [2.45, 2.75) is 45.6 Å². The second-order valence-electron chi connectivity index (χ2n) is 7.62. The van der Waals surface area contributed by atoms with Crippen molar-refractivity contribution in [3.05, 3.63) is 40.1 Å². The van der Waals surface area contributed by atoms with Crippen molar-refractivity contribution in [1.29, 1.82) is 0 Å². The van der Waals surface area contributed by atoms with Gasteiger partial charge in [-0.15, -0.1) is 0 Å². The van der Waals surface area contributed by atoms with Gasteiger partial charge in [-0.3, -0.25) is 14.2 Å². The Kier molecular flexibility index (Phi) is 6.06. The summed E-state index contributed by atoms with van der Waals surface area (Å²) < 4.78 is 29.5. The largest absolute Gasteiger partial charge is 0.348 e. The van der Waals surface area contributed by atoms with E-state index in [-0.39, 0.29) is 32.3 Å². The highest BCUT2D eigenvalue weighted by Crippen LogP contribution is 2.29. The first-order valence-corrected chi connectivity index (χ1v) is 10.7. The average molecular weight is 457 g/mol. The van der Waals surface area contributed by atoms with E-state index < -0.39 is 15.9 Å². The predicted molar refractivity (Wildman–Crippen MR) is 109 cm³/mol. The van der Waals surface area contributed by atoms with Gasteiger partial charge in [-0.05, 0) is 47.3 Å². The molecule has 1 atom stereocenters. The van der Waals surface area contributed by atoms with E-state index in [2.05, 4.69) is 31.1 Å². The number of sulfonamides is 1. The molecule has 1 amide bonds. The molecule has 2 aromatic rings. The van der Waals surface area contributed by atoms with Crippen molar-refractivity contribution >= 4 is 37.5 Å². The van der Waals surface area contributed by atoms with Gasteiger partial charge in [0.25, 0.3) is 15.9 Å². The zero-order valence-electron chi connectivity index (χ0n) is 16.3. The zero-order valence-corrected chi connectivity index (χ0v) is 18.7. The van der Waals surface area contributed by atoms with Crippen molar-refractivity contribution < 1.29 is 13.2 Å². The van der Waals surface area contributed by atoms with Crippen LogP contribution in [0.4, 0.5) is 5.69 Å². The van der Waals surface area contributed by atoms with E-state index in [1.807, 2.05) is 34.6 Å². The van der Waals surface area contributed by atoms with Gasteiger partial charge in [-0.25, -0.2) is 8.42 Å². The highest BCUT2D eigenvalue weighted by Gasteiger charge is 2.29. The molecular weight excluding hydrogens is 432 g/mol. The van der Waals surface area contributed by atoms with Crippen molar-refractivity contribution in [2.24, 2.45) is 12.5 Å². The fraction of sp³-hybridized carbons (Fsp3) is 0.444. The van der Waals surface area contributed by atoms with Crippen molar-refractivity contribution in [2.75, 3.05) is 4.72 Å². The number of anilines is 1. The summed E-state index contributed by atoms with van der Waals surface area (Å²) in [5, 5.41) is 7.05. The standard InChI is InChI=1S/C18H25BrN4O3S/c1-11-7-9-13(10-8-11)27(25,26)22-14-15(23(6)21-16(14)19)17(24)20-12(2)18(3,4)5/h7-10,12,22H,1-6H3,(H,20,24)/t12-/m0/s1. The first kappa shape index (κ1) is 21.4. The second kappa shape index (κ2) is 7.63. The van der Waals surface area contributed by atoms with E-state index in [1.54, 1.807) is 19.2 Å². The summed E-state index contributed by atoms with van der Waals surface area (Å²) in [6.07, 6.45) is 0. The van der Waals surface area contributed by atoms with Gasteiger partial charge < -0.3 is 5.32 Å². The van der Waals surface area contributed by atoms with Gasteiger partial charge in [0.05, 0.1) is 4.90 Å². The summed E-state index contributed by atoms with van der Waals surface area (Å²) in [7, 11) is -2.28. The number of benzene rings is 1. The van der Waals surface area contributed by atoms with E-state index in [4.69, 9.17) is 0 Å². The highest BCUT2D eigenvalue weighted by molar-refractivity contribution is 9.10. The minimum atomic E-state index is -3.87. The molecule has 2 N–H and O–H groups in total. The molecule has 1 aromatic carbocycles. The van der Waals surface area contributed by atoms with Gasteiger partial charge in [0.1, 0.15) is 5.69 Å². The molecule has 0 saturated carbocycles. The fourth-order valence-electron chi connectivity index (χ4n) is 2.23. The van der Waals surface area contributed by atoms with Crippen LogP contribution in [0.25, 0.3) is 0 Å². The van der Waals surface area contributed by atoms with Crippen molar-refractivity contribution in [3.63, 3.8) is 0 Å². The smallest absolute Gasteiger partial charge is 0.272 e. The molecule has 0 unspecified atom stereocenters. The van der Waals surface area contributed by atoms with Crippen LogP contribution in [0, 0.1) is 12.3 Å². The van der Waals surface area contributed by atoms with Crippen LogP contribution in [0.3, 0.4) is 0 Å². The summed E-state index contributed by atoms with van der Waals surface area (Å²) in [5.74, 6) is -0.403.